The Hall–Kier alpha value is -2.62. The minimum absolute atomic E-state index is 0.301. The molecule has 1 N–H and O–H groups in total. The number of nitrogens with one attached hydrogen (secondary N) is 1. The number of ether oxygens (including phenoxy) is 2. The monoisotopic (exact) mass is 431 g/mol. The topological polar surface area (TPSA) is 99.1 Å². The molecule has 0 unspecified atom stereocenters. The Morgan fingerprint density at radius 3 is 2.83 bits per heavy atom. The predicted octanol–water partition coefficient (Wildman–Crippen LogP) is 3.41. The second kappa shape index (κ2) is 8.40. The molecule has 0 radical (unpaired) electrons. The molecule has 1 fully saturated rings. The highest BCUT2D eigenvalue weighted by Crippen LogP contribution is 2.34. The SMILES string of the molecule is COc1cnc(Cl)cc1-c1cc(C)ncc1C(=O)Nc1nnc(CC2COC2)s1. The summed E-state index contributed by atoms with van der Waals surface area (Å²) in [6, 6.07) is 3.47. The number of nitrogens with zero attached hydrogens (tertiary/aromatic N) is 4. The summed E-state index contributed by atoms with van der Waals surface area (Å²) >= 11 is 7.44. The van der Waals surface area contributed by atoms with Gasteiger partial charge in [-0.25, -0.2) is 4.98 Å². The standard InChI is InChI=1S/C19H18ClN5O3S/c1-10-3-12(13-5-16(20)22-7-15(13)27-2)14(6-21-10)18(26)23-19-25-24-17(29-19)4-11-8-28-9-11/h3,5-7,11H,4,8-9H2,1-2H3,(H,23,25,26). The summed E-state index contributed by atoms with van der Waals surface area (Å²) in [4.78, 5) is 21.3. The van der Waals surface area contributed by atoms with Crippen LogP contribution >= 0.6 is 22.9 Å². The number of hydrogen-bond donors (Lipinski definition) is 1. The summed E-state index contributed by atoms with van der Waals surface area (Å²) < 4.78 is 10.6. The van der Waals surface area contributed by atoms with E-state index in [1.165, 1.54) is 30.8 Å². The van der Waals surface area contributed by atoms with E-state index in [4.69, 9.17) is 21.1 Å². The lowest BCUT2D eigenvalue weighted by molar-refractivity contribution is -0.0313. The normalized spacial score (nSPS) is 13.8. The van der Waals surface area contributed by atoms with Gasteiger partial charge in [0.2, 0.25) is 5.13 Å². The average Bonchev–Trinajstić information content (AvgIpc) is 3.11. The van der Waals surface area contributed by atoms with Gasteiger partial charge in [0.15, 0.2) is 0 Å². The summed E-state index contributed by atoms with van der Waals surface area (Å²) in [5, 5.41) is 12.7. The molecule has 1 saturated heterocycles. The zero-order chi connectivity index (χ0) is 20.4. The maximum Gasteiger partial charge on any atom is 0.259 e. The highest BCUT2D eigenvalue weighted by atomic mass is 35.5. The number of halogens is 1. The van der Waals surface area contributed by atoms with Gasteiger partial charge in [-0.3, -0.25) is 15.1 Å². The molecule has 0 aromatic carbocycles. The van der Waals surface area contributed by atoms with Gasteiger partial charge in [0.1, 0.15) is 15.9 Å². The third-order valence-corrected chi connectivity index (χ3v) is 5.55. The second-order valence-electron chi connectivity index (χ2n) is 6.64. The molecule has 29 heavy (non-hydrogen) atoms. The maximum atomic E-state index is 13.0. The van der Waals surface area contributed by atoms with Crippen LogP contribution in [0.2, 0.25) is 5.15 Å². The predicted molar refractivity (Wildman–Crippen MR) is 110 cm³/mol. The van der Waals surface area contributed by atoms with Crippen LogP contribution in [0.4, 0.5) is 5.13 Å². The van der Waals surface area contributed by atoms with E-state index in [0.29, 0.717) is 38.6 Å². The van der Waals surface area contributed by atoms with Gasteiger partial charge in [-0.2, -0.15) is 0 Å². The number of carbonyl (C=O) groups excluding carboxylic acids is 1. The zero-order valence-corrected chi connectivity index (χ0v) is 17.4. The summed E-state index contributed by atoms with van der Waals surface area (Å²) in [7, 11) is 1.54. The van der Waals surface area contributed by atoms with Gasteiger partial charge >= 0.3 is 0 Å². The molecule has 0 spiro atoms. The number of anilines is 1. The summed E-state index contributed by atoms with van der Waals surface area (Å²) in [6.07, 6.45) is 3.86. The fourth-order valence-electron chi connectivity index (χ4n) is 2.95. The first-order valence-electron chi connectivity index (χ1n) is 8.91. The van der Waals surface area contributed by atoms with Gasteiger partial charge in [0, 0.05) is 35.4 Å². The Morgan fingerprint density at radius 1 is 1.28 bits per heavy atom. The number of pyridine rings is 2. The van der Waals surface area contributed by atoms with Crippen LogP contribution in [0, 0.1) is 12.8 Å². The Kier molecular flexibility index (Phi) is 5.70. The fourth-order valence-corrected chi connectivity index (χ4v) is 3.96. The molecule has 0 saturated carbocycles. The van der Waals surface area contributed by atoms with Crippen molar-refractivity contribution in [1.82, 2.24) is 20.2 Å². The molecule has 1 aliphatic rings. The highest BCUT2D eigenvalue weighted by molar-refractivity contribution is 7.15. The van der Waals surface area contributed by atoms with E-state index < -0.39 is 0 Å². The molecule has 0 aliphatic carbocycles. The Bertz CT molecular complexity index is 1050. The van der Waals surface area contributed by atoms with Gasteiger partial charge in [-0.1, -0.05) is 22.9 Å². The zero-order valence-electron chi connectivity index (χ0n) is 15.8. The van der Waals surface area contributed by atoms with E-state index in [0.717, 1.165) is 30.3 Å². The number of hydrogen-bond acceptors (Lipinski definition) is 8. The molecule has 4 rings (SSSR count). The van der Waals surface area contributed by atoms with E-state index >= 15 is 0 Å². The third kappa shape index (κ3) is 4.36. The number of carbonyl (C=O) groups is 1. The van der Waals surface area contributed by atoms with Crippen molar-refractivity contribution in [2.24, 2.45) is 5.92 Å². The van der Waals surface area contributed by atoms with Gasteiger partial charge in [-0.05, 0) is 19.1 Å². The largest absolute Gasteiger partial charge is 0.494 e. The van der Waals surface area contributed by atoms with Crippen molar-refractivity contribution in [3.8, 4) is 16.9 Å². The van der Waals surface area contributed by atoms with Gasteiger partial charge in [0.05, 0.1) is 32.1 Å². The van der Waals surface area contributed by atoms with Gasteiger partial charge in [0.25, 0.3) is 5.91 Å². The van der Waals surface area contributed by atoms with Crippen molar-refractivity contribution in [3.05, 3.63) is 45.9 Å². The Balaban J connectivity index is 1.61. The van der Waals surface area contributed by atoms with Crippen molar-refractivity contribution < 1.29 is 14.3 Å². The quantitative estimate of drug-likeness (QED) is 0.597. The van der Waals surface area contributed by atoms with Crippen LogP contribution in [0.1, 0.15) is 21.1 Å². The van der Waals surface area contributed by atoms with E-state index in [2.05, 4.69) is 25.5 Å². The minimum atomic E-state index is -0.336. The van der Waals surface area contributed by atoms with Crippen molar-refractivity contribution in [1.29, 1.82) is 0 Å². The summed E-state index contributed by atoms with van der Waals surface area (Å²) in [6.45, 7) is 3.34. The molecule has 150 valence electrons. The van der Waals surface area contributed by atoms with Crippen molar-refractivity contribution in [2.75, 3.05) is 25.6 Å². The smallest absolute Gasteiger partial charge is 0.259 e. The molecule has 0 atom stereocenters. The van der Waals surface area contributed by atoms with Crippen LogP contribution in [0.15, 0.2) is 24.5 Å². The minimum Gasteiger partial charge on any atom is -0.494 e. The molecule has 10 heteroatoms. The van der Waals surface area contributed by atoms with Crippen LogP contribution in [0.25, 0.3) is 11.1 Å². The van der Waals surface area contributed by atoms with E-state index in [1.54, 1.807) is 6.07 Å². The number of methoxy groups -OCH3 is 1. The first kappa shape index (κ1) is 19.7. The van der Waals surface area contributed by atoms with Crippen molar-refractivity contribution >= 4 is 34.0 Å². The maximum absolute atomic E-state index is 13.0. The highest BCUT2D eigenvalue weighted by Gasteiger charge is 2.22. The molecule has 4 heterocycles. The summed E-state index contributed by atoms with van der Waals surface area (Å²) in [5.41, 5.74) is 2.44. The first-order chi connectivity index (χ1) is 14.0. The molecule has 3 aromatic heterocycles. The number of aromatic nitrogens is 4. The second-order valence-corrected chi connectivity index (χ2v) is 8.09. The third-order valence-electron chi connectivity index (χ3n) is 4.49. The summed E-state index contributed by atoms with van der Waals surface area (Å²) in [5.74, 6) is 0.649. The average molecular weight is 432 g/mol. The molecule has 1 amide bonds. The Labute approximate surface area is 176 Å². The Morgan fingerprint density at radius 2 is 2.10 bits per heavy atom. The lowest BCUT2D eigenvalue weighted by atomic mass is 10.0. The molecule has 1 aliphatic heterocycles. The lowest BCUT2D eigenvalue weighted by Crippen LogP contribution is -2.29. The van der Waals surface area contributed by atoms with Crippen LogP contribution < -0.4 is 10.1 Å². The van der Waals surface area contributed by atoms with Crippen LogP contribution in [0.5, 0.6) is 5.75 Å². The van der Waals surface area contributed by atoms with Crippen LogP contribution in [-0.2, 0) is 11.2 Å². The van der Waals surface area contributed by atoms with E-state index in [9.17, 15) is 4.79 Å². The molecular weight excluding hydrogens is 414 g/mol. The van der Waals surface area contributed by atoms with Gasteiger partial charge < -0.3 is 9.47 Å². The fraction of sp³-hybridized carbons (Fsp3) is 0.316. The van der Waals surface area contributed by atoms with Crippen molar-refractivity contribution in [2.45, 2.75) is 13.3 Å². The van der Waals surface area contributed by atoms with Gasteiger partial charge in [-0.15, -0.1) is 10.2 Å². The number of amides is 1. The molecular formula is C19H18ClN5O3S. The van der Waals surface area contributed by atoms with Crippen LogP contribution in [0.3, 0.4) is 0 Å². The molecule has 3 aromatic rings. The molecule has 8 nitrogen and oxygen atoms in total. The lowest BCUT2D eigenvalue weighted by Gasteiger charge is -2.24. The first-order valence-corrected chi connectivity index (χ1v) is 10.1. The number of rotatable bonds is 6. The van der Waals surface area contributed by atoms with Crippen molar-refractivity contribution in [3.63, 3.8) is 0 Å². The molecule has 0 bridgehead atoms. The van der Waals surface area contributed by atoms with E-state index in [-0.39, 0.29) is 5.91 Å². The van der Waals surface area contributed by atoms with Crippen LogP contribution in [-0.4, -0.2) is 46.4 Å². The number of aryl methyl sites for hydroxylation is 1. The van der Waals surface area contributed by atoms with E-state index in [1.807, 2.05) is 13.0 Å².